The molecule has 122 valence electrons. The molecule has 0 aliphatic carbocycles. The summed E-state index contributed by atoms with van der Waals surface area (Å²) in [5.41, 5.74) is 0.00990. The Hall–Kier alpha value is -1.95. The summed E-state index contributed by atoms with van der Waals surface area (Å²) >= 11 is 0. The quantitative estimate of drug-likeness (QED) is 0.825. The lowest BCUT2D eigenvalue weighted by molar-refractivity contribution is -0.139. The summed E-state index contributed by atoms with van der Waals surface area (Å²) < 4.78 is 6.15. The molecule has 3 atom stereocenters. The lowest BCUT2D eigenvalue weighted by Crippen LogP contribution is -2.51. The number of rotatable bonds is 2. The third kappa shape index (κ3) is 1.94. The molecule has 3 aliphatic heterocycles. The SMILES string of the molecule is CC(C)[C@@H]1CO[C@@]23CCN(C(=O)c4ccncc4)[C@@H]2CC(=O)N13. The second kappa shape index (κ2) is 5.03. The van der Waals surface area contributed by atoms with Gasteiger partial charge in [-0.25, -0.2) is 0 Å². The summed E-state index contributed by atoms with van der Waals surface area (Å²) in [7, 11) is 0. The van der Waals surface area contributed by atoms with Crippen molar-refractivity contribution in [2.24, 2.45) is 5.92 Å². The maximum atomic E-state index is 12.8. The van der Waals surface area contributed by atoms with Crippen LogP contribution in [-0.2, 0) is 9.53 Å². The van der Waals surface area contributed by atoms with Crippen LogP contribution in [0.1, 0.15) is 37.0 Å². The van der Waals surface area contributed by atoms with Crippen LogP contribution < -0.4 is 0 Å². The van der Waals surface area contributed by atoms with Gasteiger partial charge in [-0.2, -0.15) is 0 Å². The van der Waals surface area contributed by atoms with Crippen LogP contribution in [-0.4, -0.2) is 57.6 Å². The van der Waals surface area contributed by atoms with E-state index in [2.05, 4.69) is 18.8 Å². The van der Waals surface area contributed by atoms with E-state index in [0.717, 1.165) is 0 Å². The molecule has 3 saturated heterocycles. The van der Waals surface area contributed by atoms with E-state index in [4.69, 9.17) is 4.74 Å². The van der Waals surface area contributed by atoms with E-state index < -0.39 is 5.72 Å². The summed E-state index contributed by atoms with van der Waals surface area (Å²) in [6.07, 6.45) is 4.29. The largest absolute Gasteiger partial charge is 0.351 e. The zero-order valence-electron chi connectivity index (χ0n) is 13.4. The lowest BCUT2D eigenvalue weighted by atomic mass is 10.0. The van der Waals surface area contributed by atoms with Crippen LogP contribution in [0.15, 0.2) is 24.5 Å². The van der Waals surface area contributed by atoms with E-state index >= 15 is 0 Å². The molecule has 0 saturated carbocycles. The van der Waals surface area contributed by atoms with Crippen molar-refractivity contribution in [3.8, 4) is 0 Å². The molecule has 3 fully saturated rings. The minimum absolute atomic E-state index is 0.0412. The Bertz CT molecular complexity index is 648. The topological polar surface area (TPSA) is 62.7 Å². The molecule has 2 amide bonds. The van der Waals surface area contributed by atoms with Gasteiger partial charge in [-0.1, -0.05) is 13.8 Å². The van der Waals surface area contributed by atoms with Gasteiger partial charge in [0.1, 0.15) is 0 Å². The number of pyridine rings is 1. The summed E-state index contributed by atoms with van der Waals surface area (Å²) in [6.45, 7) is 5.42. The highest BCUT2D eigenvalue weighted by Crippen LogP contribution is 2.49. The second-order valence-electron chi connectivity index (χ2n) is 6.94. The van der Waals surface area contributed by atoms with Gasteiger partial charge in [0.2, 0.25) is 5.91 Å². The number of amides is 2. The molecule has 4 rings (SSSR count). The van der Waals surface area contributed by atoms with Crippen molar-refractivity contribution in [3.63, 3.8) is 0 Å². The summed E-state index contributed by atoms with van der Waals surface area (Å²) in [4.78, 5) is 33.1. The average Bonchev–Trinajstić information content (AvgIpc) is 3.17. The Morgan fingerprint density at radius 3 is 2.83 bits per heavy atom. The van der Waals surface area contributed by atoms with Gasteiger partial charge in [-0.15, -0.1) is 0 Å². The van der Waals surface area contributed by atoms with Crippen LogP contribution in [0.2, 0.25) is 0 Å². The standard InChI is InChI=1S/C17H21N3O3/c1-11(2)13-10-23-17-5-8-19(14(17)9-15(21)20(13)17)16(22)12-3-6-18-7-4-12/h3-4,6-7,11,13-14H,5,8-10H2,1-2H3/t13-,14+,17-/m0/s1. The van der Waals surface area contributed by atoms with Gasteiger partial charge in [0, 0.05) is 30.9 Å². The van der Waals surface area contributed by atoms with E-state index in [1.165, 1.54) is 0 Å². The molecule has 1 spiro atoms. The monoisotopic (exact) mass is 315 g/mol. The molecule has 1 aromatic rings. The molecule has 0 radical (unpaired) electrons. The maximum Gasteiger partial charge on any atom is 0.254 e. The summed E-state index contributed by atoms with van der Waals surface area (Å²) in [6, 6.07) is 3.37. The fourth-order valence-electron chi connectivity index (χ4n) is 4.27. The van der Waals surface area contributed by atoms with Gasteiger partial charge in [-0.3, -0.25) is 14.6 Å². The van der Waals surface area contributed by atoms with Crippen molar-refractivity contribution in [2.75, 3.05) is 13.2 Å². The second-order valence-corrected chi connectivity index (χ2v) is 6.94. The molecule has 6 heteroatoms. The van der Waals surface area contributed by atoms with Crippen molar-refractivity contribution in [1.29, 1.82) is 0 Å². The minimum atomic E-state index is -0.602. The van der Waals surface area contributed by atoms with Crippen molar-refractivity contribution in [3.05, 3.63) is 30.1 Å². The van der Waals surface area contributed by atoms with Crippen molar-refractivity contribution < 1.29 is 14.3 Å². The number of carbonyl (C=O) groups is 2. The highest BCUT2D eigenvalue weighted by molar-refractivity contribution is 5.95. The third-order valence-electron chi connectivity index (χ3n) is 5.45. The minimum Gasteiger partial charge on any atom is -0.351 e. The predicted octanol–water partition coefficient (Wildman–Crippen LogP) is 1.28. The number of ether oxygens (including phenoxy) is 1. The van der Waals surface area contributed by atoms with Crippen LogP contribution in [0.3, 0.4) is 0 Å². The first kappa shape index (κ1) is 14.6. The zero-order valence-corrected chi connectivity index (χ0v) is 13.4. The number of hydrogen-bond donors (Lipinski definition) is 0. The first-order chi connectivity index (χ1) is 11.0. The van der Waals surface area contributed by atoms with E-state index in [1.54, 1.807) is 24.5 Å². The third-order valence-corrected chi connectivity index (χ3v) is 5.45. The molecule has 4 heterocycles. The van der Waals surface area contributed by atoms with Gasteiger partial charge in [0.25, 0.3) is 5.91 Å². The first-order valence-electron chi connectivity index (χ1n) is 8.22. The van der Waals surface area contributed by atoms with E-state index in [-0.39, 0.29) is 23.9 Å². The molecule has 0 bridgehead atoms. The van der Waals surface area contributed by atoms with Gasteiger partial charge in [0.05, 0.1) is 25.1 Å². The highest BCUT2D eigenvalue weighted by Gasteiger charge is 2.65. The fraction of sp³-hybridized carbons (Fsp3) is 0.588. The number of aromatic nitrogens is 1. The van der Waals surface area contributed by atoms with Crippen LogP contribution >= 0.6 is 0 Å². The van der Waals surface area contributed by atoms with Crippen LogP contribution in [0.25, 0.3) is 0 Å². The van der Waals surface area contributed by atoms with Gasteiger partial charge in [0.15, 0.2) is 5.72 Å². The lowest BCUT2D eigenvalue weighted by Gasteiger charge is -2.34. The summed E-state index contributed by atoms with van der Waals surface area (Å²) in [5, 5.41) is 0. The Morgan fingerprint density at radius 2 is 2.13 bits per heavy atom. The molecule has 0 N–H and O–H groups in total. The Morgan fingerprint density at radius 1 is 1.39 bits per heavy atom. The van der Waals surface area contributed by atoms with E-state index in [1.807, 2.05) is 9.80 Å². The number of nitrogens with zero attached hydrogens (tertiary/aromatic N) is 3. The molecular formula is C17H21N3O3. The molecule has 0 unspecified atom stereocenters. The van der Waals surface area contributed by atoms with E-state index in [0.29, 0.717) is 37.5 Å². The first-order valence-corrected chi connectivity index (χ1v) is 8.22. The molecule has 3 aliphatic rings. The van der Waals surface area contributed by atoms with Crippen molar-refractivity contribution >= 4 is 11.8 Å². The van der Waals surface area contributed by atoms with Crippen LogP contribution in [0.4, 0.5) is 0 Å². The Kier molecular flexibility index (Phi) is 3.20. The normalized spacial score (nSPS) is 32.6. The number of carbonyl (C=O) groups excluding carboxylic acids is 2. The highest BCUT2D eigenvalue weighted by atomic mass is 16.5. The summed E-state index contributed by atoms with van der Waals surface area (Å²) in [5.74, 6) is 0.418. The predicted molar refractivity (Wildman–Crippen MR) is 82.5 cm³/mol. The van der Waals surface area contributed by atoms with Crippen molar-refractivity contribution in [1.82, 2.24) is 14.8 Å². The smallest absolute Gasteiger partial charge is 0.254 e. The van der Waals surface area contributed by atoms with Crippen LogP contribution in [0.5, 0.6) is 0 Å². The van der Waals surface area contributed by atoms with Gasteiger partial charge < -0.3 is 14.5 Å². The molecule has 6 nitrogen and oxygen atoms in total. The molecule has 23 heavy (non-hydrogen) atoms. The maximum absolute atomic E-state index is 12.8. The molecule has 0 aromatic carbocycles. The van der Waals surface area contributed by atoms with Crippen LogP contribution in [0, 0.1) is 5.92 Å². The average molecular weight is 315 g/mol. The number of likely N-dealkylation sites (tertiary alicyclic amines) is 1. The molecule has 1 aromatic heterocycles. The Balaban J connectivity index is 1.65. The molecular weight excluding hydrogens is 294 g/mol. The zero-order chi connectivity index (χ0) is 16.2. The fourth-order valence-corrected chi connectivity index (χ4v) is 4.27. The van der Waals surface area contributed by atoms with Gasteiger partial charge >= 0.3 is 0 Å². The van der Waals surface area contributed by atoms with Gasteiger partial charge in [-0.05, 0) is 18.1 Å². The number of hydrogen-bond acceptors (Lipinski definition) is 4. The van der Waals surface area contributed by atoms with Crippen molar-refractivity contribution in [2.45, 2.75) is 44.5 Å². The Labute approximate surface area is 135 Å². The van der Waals surface area contributed by atoms with E-state index in [9.17, 15) is 9.59 Å².